The lowest BCUT2D eigenvalue weighted by Crippen LogP contribution is -2.41. The molecule has 0 radical (unpaired) electrons. The predicted molar refractivity (Wildman–Crippen MR) is 72.4 cm³/mol. The van der Waals surface area contributed by atoms with Gasteiger partial charge in [0.25, 0.3) is 0 Å². The average molecular weight is 298 g/mol. The number of halogens is 1. The van der Waals surface area contributed by atoms with Crippen LogP contribution in [0.4, 0.5) is 0 Å². The van der Waals surface area contributed by atoms with E-state index in [1.54, 1.807) is 0 Å². The Morgan fingerprint density at radius 1 is 1.18 bits per heavy atom. The summed E-state index contributed by atoms with van der Waals surface area (Å²) >= 11 is 3.51. The van der Waals surface area contributed by atoms with Gasteiger partial charge in [-0.3, -0.25) is 4.98 Å². The fourth-order valence-corrected chi connectivity index (χ4v) is 2.32. The number of aromatic nitrogens is 1. The third kappa shape index (κ3) is 2.28. The van der Waals surface area contributed by atoms with Gasteiger partial charge in [-0.05, 0) is 62.2 Å². The number of pyridine rings is 1. The summed E-state index contributed by atoms with van der Waals surface area (Å²) in [5.41, 5.74) is 1.25. The van der Waals surface area contributed by atoms with E-state index in [2.05, 4.69) is 20.9 Å². The standard InChI is InChI=1S/C12H17BBrNO2/c1-8-6-9(14)10(15-7-8)13-16-11(2,3)12(4,5)17-13/h6-7H,1-5H3. The van der Waals surface area contributed by atoms with Crippen molar-refractivity contribution in [2.24, 2.45) is 0 Å². The Labute approximate surface area is 111 Å². The minimum atomic E-state index is -0.407. The Balaban J connectivity index is 2.32. The summed E-state index contributed by atoms with van der Waals surface area (Å²) in [6, 6.07) is 2.02. The van der Waals surface area contributed by atoms with Crippen LogP contribution in [0, 0.1) is 6.92 Å². The summed E-state index contributed by atoms with van der Waals surface area (Å²) in [7, 11) is -0.407. The molecule has 0 bridgehead atoms. The third-order valence-corrected chi connectivity index (χ3v) is 4.12. The molecule has 2 rings (SSSR count). The third-order valence-electron chi connectivity index (χ3n) is 3.48. The molecule has 1 aromatic heterocycles. The molecule has 17 heavy (non-hydrogen) atoms. The van der Waals surface area contributed by atoms with Gasteiger partial charge in [0.05, 0.1) is 16.8 Å². The van der Waals surface area contributed by atoms with Crippen molar-refractivity contribution in [3.8, 4) is 0 Å². The summed E-state index contributed by atoms with van der Waals surface area (Å²) < 4.78 is 12.8. The molecule has 0 aromatic carbocycles. The van der Waals surface area contributed by atoms with Gasteiger partial charge < -0.3 is 9.31 Å². The van der Waals surface area contributed by atoms with Gasteiger partial charge in [0.2, 0.25) is 0 Å². The van der Waals surface area contributed by atoms with E-state index < -0.39 is 7.12 Å². The monoisotopic (exact) mass is 297 g/mol. The molecule has 0 atom stereocenters. The highest BCUT2D eigenvalue weighted by molar-refractivity contribution is 9.10. The first-order valence-corrected chi connectivity index (χ1v) is 6.50. The predicted octanol–water partition coefficient (Wildman–Crippen LogP) is 2.45. The minimum absolute atomic E-state index is 0.330. The maximum Gasteiger partial charge on any atom is 0.515 e. The molecule has 2 heterocycles. The molecule has 1 aromatic rings. The summed E-state index contributed by atoms with van der Waals surface area (Å²) in [6.45, 7) is 10.2. The molecule has 1 fully saturated rings. The van der Waals surface area contributed by atoms with Crippen molar-refractivity contribution in [1.29, 1.82) is 0 Å². The molecule has 0 aliphatic carbocycles. The summed E-state index contributed by atoms with van der Waals surface area (Å²) in [6.07, 6.45) is 1.82. The highest BCUT2D eigenvalue weighted by atomic mass is 79.9. The fraction of sp³-hybridized carbons (Fsp3) is 0.583. The zero-order chi connectivity index (χ0) is 12.8. The van der Waals surface area contributed by atoms with Crippen LogP contribution in [-0.2, 0) is 9.31 Å². The van der Waals surface area contributed by atoms with E-state index in [0.29, 0.717) is 0 Å². The van der Waals surface area contributed by atoms with Crippen molar-refractivity contribution in [2.45, 2.75) is 45.8 Å². The van der Waals surface area contributed by atoms with Gasteiger partial charge in [0.1, 0.15) is 0 Å². The van der Waals surface area contributed by atoms with Crippen LogP contribution in [0.3, 0.4) is 0 Å². The Kier molecular flexibility index (Phi) is 3.13. The largest absolute Gasteiger partial charge is 0.515 e. The van der Waals surface area contributed by atoms with Gasteiger partial charge >= 0.3 is 7.12 Å². The molecule has 1 saturated heterocycles. The molecule has 0 unspecified atom stereocenters. The SMILES string of the molecule is Cc1cnc(B2OC(C)(C)C(C)(C)O2)c(Br)c1. The molecular formula is C12H17BBrNO2. The van der Waals surface area contributed by atoms with Crippen molar-refractivity contribution < 1.29 is 9.31 Å². The van der Waals surface area contributed by atoms with Gasteiger partial charge in [0.15, 0.2) is 0 Å². The van der Waals surface area contributed by atoms with Gasteiger partial charge in [-0.25, -0.2) is 0 Å². The first kappa shape index (κ1) is 13.1. The average Bonchev–Trinajstić information content (AvgIpc) is 2.35. The van der Waals surface area contributed by atoms with Crippen molar-refractivity contribution in [2.75, 3.05) is 0 Å². The van der Waals surface area contributed by atoms with Crippen molar-refractivity contribution in [3.63, 3.8) is 0 Å². The number of rotatable bonds is 1. The van der Waals surface area contributed by atoms with E-state index >= 15 is 0 Å². The molecule has 92 valence electrons. The second kappa shape index (κ2) is 4.07. The van der Waals surface area contributed by atoms with E-state index in [4.69, 9.17) is 9.31 Å². The van der Waals surface area contributed by atoms with Crippen LogP contribution in [0.5, 0.6) is 0 Å². The van der Waals surface area contributed by atoms with Crippen molar-refractivity contribution >= 4 is 28.6 Å². The van der Waals surface area contributed by atoms with Crippen LogP contribution >= 0.6 is 15.9 Å². The lowest BCUT2D eigenvalue weighted by atomic mass is 9.84. The lowest BCUT2D eigenvalue weighted by Gasteiger charge is -2.32. The van der Waals surface area contributed by atoms with Crippen LogP contribution in [-0.4, -0.2) is 23.3 Å². The second-order valence-corrected chi connectivity index (χ2v) is 6.32. The van der Waals surface area contributed by atoms with Crippen molar-refractivity contribution in [1.82, 2.24) is 4.98 Å². The molecule has 0 spiro atoms. The molecular weight excluding hydrogens is 281 g/mol. The van der Waals surface area contributed by atoms with E-state index in [1.807, 2.05) is 46.9 Å². The lowest BCUT2D eigenvalue weighted by molar-refractivity contribution is 0.00578. The maximum atomic E-state index is 5.96. The zero-order valence-electron chi connectivity index (χ0n) is 10.9. The zero-order valence-corrected chi connectivity index (χ0v) is 12.5. The van der Waals surface area contributed by atoms with Crippen LogP contribution in [0.2, 0.25) is 0 Å². The quantitative estimate of drug-likeness (QED) is 0.746. The van der Waals surface area contributed by atoms with E-state index in [0.717, 1.165) is 15.6 Å². The summed E-state index contributed by atoms with van der Waals surface area (Å²) in [5, 5.41) is 0. The maximum absolute atomic E-state index is 5.96. The highest BCUT2D eigenvalue weighted by Crippen LogP contribution is 2.36. The molecule has 0 saturated carbocycles. The van der Waals surface area contributed by atoms with Crippen LogP contribution in [0.15, 0.2) is 16.7 Å². The molecule has 3 nitrogen and oxygen atoms in total. The van der Waals surface area contributed by atoms with Crippen LogP contribution < -0.4 is 5.59 Å². The Morgan fingerprint density at radius 3 is 2.18 bits per heavy atom. The number of nitrogens with zero attached hydrogens (tertiary/aromatic N) is 1. The fourth-order valence-electron chi connectivity index (χ4n) is 1.67. The number of hydrogen-bond donors (Lipinski definition) is 0. The number of aryl methyl sites for hydroxylation is 1. The van der Waals surface area contributed by atoms with E-state index in [1.165, 1.54) is 0 Å². The smallest absolute Gasteiger partial charge is 0.398 e. The second-order valence-electron chi connectivity index (χ2n) is 5.47. The summed E-state index contributed by atoms with van der Waals surface area (Å²) in [4.78, 5) is 4.39. The van der Waals surface area contributed by atoms with Gasteiger partial charge in [-0.1, -0.05) is 0 Å². The topological polar surface area (TPSA) is 31.4 Å². The molecule has 1 aliphatic heterocycles. The Bertz CT molecular complexity index is 432. The minimum Gasteiger partial charge on any atom is -0.398 e. The van der Waals surface area contributed by atoms with Gasteiger partial charge in [0, 0.05) is 10.7 Å². The normalized spacial score (nSPS) is 21.9. The van der Waals surface area contributed by atoms with Gasteiger partial charge in [-0.15, -0.1) is 0 Å². The van der Waals surface area contributed by atoms with Crippen LogP contribution in [0.25, 0.3) is 0 Å². The molecule has 1 aliphatic rings. The molecule has 0 N–H and O–H groups in total. The highest BCUT2D eigenvalue weighted by Gasteiger charge is 2.52. The number of hydrogen-bond acceptors (Lipinski definition) is 3. The van der Waals surface area contributed by atoms with Crippen molar-refractivity contribution in [3.05, 3.63) is 22.3 Å². The Hall–Kier alpha value is -0.385. The van der Waals surface area contributed by atoms with Crippen LogP contribution in [0.1, 0.15) is 33.3 Å². The van der Waals surface area contributed by atoms with E-state index in [-0.39, 0.29) is 11.2 Å². The Morgan fingerprint density at radius 2 is 1.71 bits per heavy atom. The van der Waals surface area contributed by atoms with Gasteiger partial charge in [-0.2, -0.15) is 0 Å². The summed E-state index contributed by atoms with van der Waals surface area (Å²) in [5.74, 6) is 0. The van der Waals surface area contributed by atoms with E-state index in [9.17, 15) is 0 Å². The first-order valence-electron chi connectivity index (χ1n) is 5.71. The molecule has 0 amide bonds. The molecule has 5 heteroatoms. The first-order chi connectivity index (χ1) is 7.73.